The summed E-state index contributed by atoms with van der Waals surface area (Å²) in [4.78, 5) is 0. The molecule has 0 aliphatic heterocycles. The molecule has 84 valence electrons. The fourth-order valence-electron chi connectivity index (χ4n) is 2.01. The van der Waals surface area contributed by atoms with Gasteiger partial charge in [-0.1, -0.05) is 34.1 Å². The number of nitrogens with one attached hydrogen (secondary N) is 1. The number of hydrogen-bond acceptors (Lipinski definition) is 2. The van der Waals surface area contributed by atoms with E-state index in [2.05, 4.69) is 44.8 Å². The number of hydrogen-bond donors (Lipinski definition) is 1. The molecule has 1 N–H and O–H groups in total. The summed E-state index contributed by atoms with van der Waals surface area (Å²) in [5.74, 6) is 1.26. The molecule has 2 heteroatoms. The highest BCUT2D eigenvalue weighted by Gasteiger charge is 2.27. The molecule has 0 spiro atoms. The molecule has 1 nitrogen and oxygen atoms in total. The van der Waals surface area contributed by atoms with Gasteiger partial charge in [-0.3, -0.25) is 0 Å². The van der Waals surface area contributed by atoms with Crippen molar-refractivity contribution in [3.63, 3.8) is 0 Å². The summed E-state index contributed by atoms with van der Waals surface area (Å²) < 4.78 is 0. The van der Waals surface area contributed by atoms with Crippen LogP contribution in [0.1, 0.15) is 47.0 Å². The van der Waals surface area contributed by atoms with E-state index in [1.807, 2.05) is 0 Å². The SMILES string of the molecule is CCSC1CCCC1NCC(C)(C)C. The molecule has 1 aliphatic rings. The van der Waals surface area contributed by atoms with Crippen LogP contribution in [0.2, 0.25) is 0 Å². The van der Waals surface area contributed by atoms with Crippen molar-refractivity contribution in [2.45, 2.75) is 58.2 Å². The third-order valence-corrected chi connectivity index (χ3v) is 4.05. The second-order valence-corrected chi connectivity index (χ2v) is 6.99. The lowest BCUT2D eigenvalue weighted by Gasteiger charge is -2.25. The van der Waals surface area contributed by atoms with E-state index >= 15 is 0 Å². The predicted molar refractivity (Wildman–Crippen MR) is 67.0 cm³/mol. The molecule has 0 aromatic carbocycles. The first-order valence-corrected chi connectivity index (χ1v) is 6.93. The van der Waals surface area contributed by atoms with E-state index < -0.39 is 0 Å². The summed E-state index contributed by atoms with van der Waals surface area (Å²) in [5.41, 5.74) is 0.421. The first-order chi connectivity index (χ1) is 6.53. The Morgan fingerprint density at radius 3 is 2.57 bits per heavy atom. The second kappa shape index (κ2) is 5.41. The average Bonchev–Trinajstić information content (AvgIpc) is 2.48. The predicted octanol–water partition coefficient (Wildman–Crippen LogP) is 3.30. The third kappa shape index (κ3) is 4.22. The summed E-state index contributed by atoms with van der Waals surface area (Å²) in [6.07, 6.45) is 4.22. The van der Waals surface area contributed by atoms with Crippen LogP contribution in [0, 0.1) is 5.41 Å². The molecule has 0 radical (unpaired) electrons. The average molecular weight is 215 g/mol. The molecular formula is C12H25NS. The summed E-state index contributed by atoms with van der Waals surface area (Å²) in [6, 6.07) is 0.777. The Morgan fingerprint density at radius 1 is 1.29 bits per heavy atom. The largest absolute Gasteiger partial charge is 0.312 e. The Kier molecular flexibility index (Phi) is 4.78. The van der Waals surface area contributed by atoms with E-state index in [4.69, 9.17) is 0 Å². The highest BCUT2D eigenvalue weighted by atomic mass is 32.2. The lowest BCUT2D eigenvalue weighted by atomic mass is 9.96. The van der Waals surface area contributed by atoms with Crippen LogP contribution in [0.3, 0.4) is 0 Å². The van der Waals surface area contributed by atoms with Gasteiger partial charge in [0.25, 0.3) is 0 Å². The van der Waals surface area contributed by atoms with Crippen molar-refractivity contribution in [3.05, 3.63) is 0 Å². The molecule has 0 heterocycles. The lowest BCUT2D eigenvalue weighted by Crippen LogP contribution is -2.39. The van der Waals surface area contributed by atoms with E-state index in [1.54, 1.807) is 0 Å². The minimum Gasteiger partial charge on any atom is -0.312 e. The van der Waals surface area contributed by atoms with Crippen LogP contribution in [-0.2, 0) is 0 Å². The third-order valence-electron chi connectivity index (χ3n) is 2.73. The molecule has 1 rings (SSSR count). The normalized spacial score (nSPS) is 28.3. The summed E-state index contributed by atoms with van der Waals surface area (Å²) in [6.45, 7) is 10.3. The standard InChI is InChI=1S/C12H25NS/c1-5-14-11-8-6-7-10(11)13-9-12(2,3)4/h10-11,13H,5-9H2,1-4H3. The van der Waals surface area contributed by atoms with Crippen LogP contribution in [0.15, 0.2) is 0 Å². The van der Waals surface area contributed by atoms with Crippen LogP contribution in [0.5, 0.6) is 0 Å². The van der Waals surface area contributed by atoms with Crippen LogP contribution in [-0.4, -0.2) is 23.6 Å². The molecule has 0 aromatic heterocycles. The van der Waals surface area contributed by atoms with Gasteiger partial charge in [-0.15, -0.1) is 0 Å². The highest BCUT2D eigenvalue weighted by molar-refractivity contribution is 7.99. The topological polar surface area (TPSA) is 12.0 Å². The zero-order valence-corrected chi connectivity index (χ0v) is 10.9. The Morgan fingerprint density at radius 2 is 2.00 bits per heavy atom. The van der Waals surface area contributed by atoms with Crippen LogP contribution in [0.4, 0.5) is 0 Å². The molecule has 0 amide bonds. The minimum absolute atomic E-state index is 0.421. The zero-order valence-electron chi connectivity index (χ0n) is 10.1. The molecule has 0 aromatic rings. The monoisotopic (exact) mass is 215 g/mol. The smallest absolute Gasteiger partial charge is 0.0201 e. The molecule has 2 atom stereocenters. The number of rotatable bonds is 4. The molecule has 1 fully saturated rings. The summed E-state index contributed by atoms with van der Waals surface area (Å²) in [7, 11) is 0. The maximum atomic E-state index is 3.74. The van der Waals surface area contributed by atoms with Gasteiger partial charge in [-0.25, -0.2) is 0 Å². The molecular weight excluding hydrogens is 190 g/mol. The fourth-order valence-corrected chi connectivity index (χ4v) is 3.24. The van der Waals surface area contributed by atoms with Crippen molar-refractivity contribution in [1.82, 2.24) is 5.32 Å². The molecule has 0 saturated heterocycles. The van der Waals surface area contributed by atoms with Crippen molar-refractivity contribution in [1.29, 1.82) is 0 Å². The zero-order chi connectivity index (χ0) is 10.6. The molecule has 0 bridgehead atoms. The van der Waals surface area contributed by atoms with Gasteiger partial charge in [0.1, 0.15) is 0 Å². The van der Waals surface area contributed by atoms with E-state index in [1.165, 1.54) is 25.0 Å². The Hall–Kier alpha value is 0.310. The molecule has 1 saturated carbocycles. The quantitative estimate of drug-likeness (QED) is 0.772. The minimum atomic E-state index is 0.421. The van der Waals surface area contributed by atoms with E-state index in [0.29, 0.717) is 5.41 Å². The van der Waals surface area contributed by atoms with Crippen LogP contribution < -0.4 is 5.32 Å². The maximum absolute atomic E-state index is 3.74. The van der Waals surface area contributed by atoms with E-state index in [9.17, 15) is 0 Å². The van der Waals surface area contributed by atoms with Gasteiger partial charge in [0.05, 0.1) is 0 Å². The molecule has 14 heavy (non-hydrogen) atoms. The Bertz CT molecular complexity index is 162. The van der Waals surface area contributed by atoms with Crippen molar-refractivity contribution >= 4 is 11.8 Å². The fraction of sp³-hybridized carbons (Fsp3) is 1.00. The second-order valence-electron chi connectivity index (χ2n) is 5.47. The van der Waals surface area contributed by atoms with Crippen molar-refractivity contribution in [3.8, 4) is 0 Å². The lowest BCUT2D eigenvalue weighted by molar-refractivity contribution is 0.353. The summed E-state index contributed by atoms with van der Waals surface area (Å²) in [5, 5.41) is 4.61. The van der Waals surface area contributed by atoms with Crippen molar-refractivity contribution in [2.75, 3.05) is 12.3 Å². The summed E-state index contributed by atoms with van der Waals surface area (Å²) >= 11 is 2.14. The van der Waals surface area contributed by atoms with Crippen molar-refractivity contribution in [2.24, 2.45) is 5.41 Å². The first-order valence-electron chi connectivity index (χ1n) is 5.88. The van der Waals surface area contributed by atoms with Gasteiger partial charge in [-0.05, 0) is 24.0 Å². The van der Waals surface area contributed by atoms with Crippen LogP contribution in [0.25, 0.3) is 0 Å². The highest BCUT2D eigenvalue weighted by Crippen LogP contribution is 2.30. The van der Waals surface area contributed by atoms with Gasteiger partial charge in [-0.2, -0.15) is 11.8 Å². The van der Waals surface area contributed by atoms with Crippen molar-refractivity contribution < 1.29 is 0 Å². The molecule has 2 unspecified atom stereocenters. The number of thioether (sulfide) groups is 1. The van der Waals surface area contributed by atoms with E-state index in [-0.39, 0.29) is 0 Å². The Balaban J connectivity index is 2.29. The first kappa shape index (κ1) is 12.4. The van der Waals surface area contributed by atoms with E-state index in [0.717, 1.165) is 17.8 Å². The van der Waals surface area contributed by atoms with Gasteiger partial charge in [0.2, 0.25) is 0 Å². The van der Waals surface area contributed by atoms with Gasteiger partial charge in [0.15, 0.2) is 0 Å². The molecule has 1 aliphatic carbocycles. The maximum Gasteiger partial charge on any atom is 0.0201 e. The van der Waals surface area contributed by atoms with Gasteiger partial charge < -0.3 is 5.32 Å². The van der Waals surface area contributed by atoms with Gasteiger partial charge >= 0.3 is 0 Å². The van der Waals surface area contributed by atoms with Gasteiger partial charge in [0, 0.05) is 17.8 Å². The van der Waals surface area contributed by atoms with Crippen LogP contribution >= 0.6 is 11.8 Å². The Labute approximate surface area is 93.4 Å².